The Balaban J connectivity index is 2.57. The van der Waals surface area contributed by atoms with Gasteiger partial charge < -0.3 is 16.4 Å². The highest BCUT2D eigenvalue weighted by atomic mass is 32.2. The third-order valence-electron chi connectivity index (χ3n) is 2.18. The summed E-state index contributed by atoms with van der Waals surface area (Å²) >= 11 is 1.85. The van der Waals surface area contributed by atoms with Gasteiger partial charge in [0.15, 0.2) is 0 Å². The van der Waals surface area contributed by atoms with Gasteiger partial charge in [0.1, 0.15) is 11.6 Å². The van der Waals surface area contributed by atoms with E-state index in [9.17, 15) is 0 Å². The molecule has 0 bridgehead atoms. The largest absolute Gasteiger partial charge is 0.370 e. The maximum Gasteiger partial charge on any atom is 0.223 e. The Morgan fingerprint density at radius 3 is 2.59 bits per heavy atom. The van der Waals surface area contributed by atoms with Crippen LogP contribution < -0.4 is 16.4 Å². The molecule has 0 aliphatic heterocycles. The summed E-state index contributed by atoms with van der Waals surface area (Å²) < 4.78 is 0. The monoisotopic (exact) mass is 255 g/mol. The summed E-state index contributed by atoms with van der Waals surface area (Å²) in [6.07, 6.45) is 2.11. The number of nitrogens with one attached hydrogen (secondary N) is 2. The van der Waals surface area contributed by atoms with Gasteiger partial charge in [-0.2, -0.15) is 21.7 Å². The number of nitrogens with two attached hydrogens (primary N) is 1. The van der Waals surface area contributed by atoms with Crippen molar-refractivity contribution in [3.63, 3.8) is 0 Å². The van der Waals surface area contributed by atoms with Crippen molar-refractivity contribution >= 4 is 29.3 Å². The molecule has 0 aliphatic rings. The van der Waals surface area contributed by atoms with Crippen molar-refractivity contribution in [3.05, 3.63) is 6.07 Å². The van der Waals surface area contributed by atoms with Crippen molar-refractivity contribution in [3.8, 4) is 0 Å². The summed E-state index contributed by atoms with van der Waals surface area (Å²) in [5.74, 6) is 3.57. The van der Waals surface area contributed by atoms with Gasteiger partial charge in [-0.3, -0.25) is 0 Å². The molecule has 1 aromatic heterocycles. The Labute approximate surface area is 107 Å². The molecule has 1 heterocycles. The smallest absolute Gasteiger partial charge is 0.223 e. The van der Waals surface area contributed by atoms with Crippen LogP contribution in [0.25, 0.3) is 0 Å². The fourth-order valence-electron chi connectivity index (χ4n) is 1.45. The number of hydrogen-bond acceptors (Lipinski definition) is 6. The topological polar surface area (TPSA) is 75.9 Å². The first kappa shape index (κ1) is 13.9. The van der Waals surface area contributed by atoms with Crippen molar-refractivity contribution in [2.45, 2.75) is 13.8 Å². The first-order chi connectivity index (χ1) is 8.15. The molecule has 0 aromatic carbocycles. The number of nitrogen functional groups attached to an aromatic ring is 1. The molecule has 6 heteroatoms. The van der Waals surface area contributed by atoms with Crippen molar-refractivity contribution in [1.29, 1.82) is 0 Å². The van der Waals surface area contributed by atoms with E-state index in [1.165, 1.54) is 0 Å². The second-order valence-electron chi connectivity index (χ2n) is 3.97. The molecule has 1 unspecified atom stereocenters. The third-order valence-corrected chi connectivity index (χ3v) is 3.09. The zero-order valence-corrected chi connectivity index (χ0v) is 11.5. The van der Waals surface area contributed by atoms with Gasteiger partial charge in [-0.05, 0) is 24.9 Å². The summed E-state index contributed by atoms with van der Waals surface area (Å²) in [6.45, 7) is 5.94. The normalized spacial score (nSPS) is 12.2. The van der Waals surface area contributed by atoms with Gasteiger partial charge >= 0.3 is 0 Å². The van der Waals surface area contributed by atoms with Gasteiger partial charge in [0, 0.05) is 19.2 Å². The first-order valence-electron chi connectivity index (χ1n) is 5.77. The van der Waals surface area contributed by atoms with Crippen LogP contribution in [0.4, 0.5) is 17.6 Å². The van der Waals surface area contributed by atoms with E-state index in [0.29, 0.717) is 11.9 Å². The van der Waals surface area contributed by atoms with Crippen LogP contribution in [-0.2, 0) is 0 Å². The number of thioether (sulfide) groups is 1. The molecule has 1 rings (SSSR count). The quantitative estimate of drug-likeness (QED) is 0.691. The number of anilines is 3. The SMILES string of the molecule is CCNc1cc(NCC(C)CSC)nc(N)n1. The molecule has 5 nitrogen and oxygen atoms in total. The minimum absolute atomic E-state index is 0.295. The highest BCUT2D eigenvalue weighted by molar-refractivity contribution is 7.98. The zero-order chi connectivity index (χ0) is 12.7. The number of nitrogens with zero attached hydrogens (tertiary/aromatic N) is 2. The van der Waals surface area contributed by atoms with Crippen LogP contribution >= 0.6 is 11.8 Å². The van der Waals surface area contributed by atoms with Gasteiger partial charge in [-0.1, -0.05) is 6.92 Å². The molecule has 4 N–H and O–H groups in total. The average molecular weight is 255 g/mol. The fourth-order valence-corrected chi connectivity index (χ4v) is 2.14. The second-order valence-corrected chi connectivity index (χ2v) is 4.88. The Morgan fingerprint density at radius 1 is 1.35 bits per heavy atom. The van der Waals surface area contributed by atoms with E-state index in [4.69, 9.17) is 5.73 Å². The van der Waals surface area contributed by atoms with Gasteiger partial charge in [0.25, 0.3) is 0 Å². The molecular weight excluding hydrogens is 234 g/mol. The van der Waals surface area contributed by atoms with Crippen LogP contribution in [0.2, 0.25) is 0 Å². The molecule has 1 aromatic rings. The summed E-state index contributed by atoms with van der Waals surface area (Å²) in [6, 6.07) is 1.88. The molecular formula is C11H21N5S. The average Bonchev–Trinajstić information content (AvgIpc) is 2.26. The van der Waals surface area contributed by atoms with Crippen molar-refractivity contribution in [2.24, 2.45) is 5.92 Å². The summed E-state index contributed by atoms with van der Waals surface area (Å²) in [4.78, 5) is 8.26. The van der Waals surface area contributed by atoms with E-state index in [1.807, 2.05) is 24.8 Å². The lowest BCUT2D eigenvalue weighted by Gasteiger charge is -2.12. The highest BCUT2D eigenvalue weighted by Gasteiger charge is 2.04. The molecule has 0 radical (unpaired) electrons. The third kappa shape index (κ3) is 5.12. The Morgan fingerprint density at radius 2 is 2.00 bits per heavy atom. The second kappa shape index (κ2) is 7.21. The van der Waals surface area contributed by atoms with E-state index in [1.54, 1.807) is 0 Å². The Hall–Kier alpha value is -1.17. The maximum absolute atomic E-state index is 5.65. The molecule has 0 fully saturated rings. The van der Waals surface area contributed by atoms with Crippen molar-refractivity contribution in [2.75, 3.05) is 41.5 Å². The zero-order valence-electron chi connectivity index (χ0n) is 10.7. The van der Waals surface area contributed by atoms with Crippen LogP contribution in [0.1, 0.15) is 13.8 Å². The first-order valence-corrected chi connectivity index (χ1v) is 7.16. The molecule has 96 valence electrons. The molecule has 0 amide bonds. The molecule has 0 aliphatic carbocycles. The molecule has 0 saturated carbocycles. The Kier molecular flexibility index (Phi) is 5.90. The number of hydrogen-bond donors (Lipinski definition) is 3. The minimum atomic E-state index is 0.295. The fraction of sp³-hybridized carbons (Fsp3) is 0.636. The van der Waals surface area contributed by atoms with E-state index in [2.05, 4.69) is 33.8 Å². The predicted molar refractivity (Wildman–Crippen MR) is 76.6 cm³/mol. The number of aromatic nitrogens is 2. The lowest BCUT2D eigenvalue weighted by molar-refractivity contribution is 0.699. The maximum atomic E-state index is 5.65. The molecule has 0 saturated heterocycles. The van der Waals surface area contributed by atoms with E-state index < -0.39 is 0 Å². The highest BCUT2D eigenvalue weighted by Crippen LogP contribution is 2.13. The van der Waals surface area contributed by atoms with Gasteiger partial charge in [0.05, 0.1) is 0 Å². The van der Waals surface area contributed by atoms with Gasteiger partial charge in [-0.25, -0.2) is 0 Å². The van der Waals surface area contributed by atoms with Crippen LogP contribution in [0.3, 0.4) is 0 Å². The lowest BCUT2D eigenvalue weighted by atomic mass is 10.2. The van der Waals surface area contributed by atoms with Crippen LogP contribution in [0.15, 0.2) is 6.07 Å². The van der Waals surface area contributed by atoms with E-state index in [0.717, 1.165) is 30.5 Å². The van der Waals surface area contributed by atoms with Gasteiger partial charge in [-0.15, -0.1) is 0 Å². The molecule has 0 spiro atoms. The lowest BCUT2D eigenvalue weighted by Crippen LogP contribution is -2.15. The van der Waals surface area contributed by atoms with E-state index in [-0.39, 0.29) is 0 Å². The summed E-state index contributed by atoms with van der Waals surface area (Å²) in [5.41, 5.74) is 5.65. The molecule has 17 heavy (non-hydrogen) atoms. The minimum Gasteiger partial charge on any atom is -0.370 e. The summed E-state index contributed by atoms with van der Waals surface area (Å²) in [5, 5.41) is 6.41. The standard InChI is InChI=1S/C11H21N5S/c1-4-13-9-5-10(16-11(12)15-9)14-6-8(2)7-17-3/h5,8H,4,6-7H2,1-3H3,(H4,12,13,14,15,16). The van der Waals surface area contributed by atoms with Crippen LogP contribution in [0.5, 0.6) is 0 Å². The van der Waals surface area contributed by atoms with E-state index >= 15 is 0 Å². The van der Waals surface area contributed by atoms with Crippen LogP contribution in [-0.4, -0.2) is 35.1 Å². The van der Waals surface area contributed by atoms with Crippen LogP contribution in [0, 0.1) is 5.92 Å². The molecule has 1 atom stereocenters. The van der Waals surface area contributed by atoms with Crippen molar-refractivity contribution < 1.29 is 0 Å². The Bertz CT molecular complexity index is 345. The van der Waals surface area contributed by atoms with Gasteiger partial charge in [0.2, 0.25) is 5.95 Å². The predicted octanol–water partition coefficient (Wildman–Crippen LogP) is 1.90. The van der Waals surface area contributed by atoms with Crippen molar-refractivity contribution in [1.82, 2.24) is 9.97 Å². The summed E-state index contributed by atoms with van der Waals surface area (Å²) in [7, 11) is 0. The number of rotatable bonds is 7.